The number of alkyl halides is 3. The van der Waals surface area contributed by atoms with E-state index in [0.29, 0.717) is 10.2 Å². The Morgan fingerprint density at radius 3 is 2.71 bits per heavy atom. The fraction of sp³-hybridized carbons (Fsp3) is 0.111. The molecule has 2 rings (SSSR count). The Labute approximate surface area is 96.1 Å². The number of hydrogen-bond donors (Lipinski definition) is 1. The van der Waals surface area contributed by atoms with Crippen LogP contribution in [0.15, 0.2) is 18.2 Å². The van der Waals surface area contributed by atoms with E-state index in [1.54, 1.807) is 5.32 Å². The molecule has 0 saturated heterocycles. The van der Waals surface area contributed by atoms with Crippen molar-refractivity contribution in [2.45, 2.75) is 6.18 Å². The molecular weight excluding hydrogens is 260 g/mol. The predicted molar refractivity (Wildman–Crippen MR) is 54.3 cm³/mol. The number of carbonyl (C=O) groups is 1. The second-order valence-electron chi connectivity index (χ2n) is 3.08. The van der Waals surface area contributed by atoms with E-state index in [4.69, 9.17) is 0 Å². The lowest BCUT2D eigenvalue weighted by Gasteiger charge is -2.03. The highest BCUT2D eigenvalue weighted by atomic mass is 32.1. The first kappa shape index (κ1) is 11.8. The summed E-state index contributed by atoms with van der Waals surface area (Å²) in [6.45, 7) is 0. The van der Waals surface area contributed by atoms with Crippen LogP contribution in [0.4, 0.5) is 22.7 Å². The van der Waals surface area contributed by atoms with Gasteiger partial charge in [0.15, 0.2) is 5.13 Å². The number of benzene rings is 1. The zero-order valence-corrected chi connectivity index (χ0v) is 8.82. The lowest BCUT2D eigenvalue weighted by Crippen LogP contribution is -2.29. The van der Waals surface area contributed by atoms with Gasteiger partial charge in [-0.1, -0.05) is 11.3 Å². The van der Waals surface area contributed by atoms with Crippen LogP contribution in [0, 0.1) is 5.82 Å². The first-order chi connectivity index (χ1) is 7.86. The molecule has 0 spiro atoms. The van der Waals surface area contributed by atoms with Crippen LogP contribution >= 0.6 is 11.3 Å². The van der Waals surface area contributed by atoms with E-state index in [0.717, 1.165) is 23.5 Å². The average molecular weight is 264 g/mol. The third-order valence-corrected chi connectivity index (χ3v) is 2.76. The van der Waals surface area contributed by atoms with Crippen molar-refractivity contribution in [1.82, 2.24) is 4.98 Å². The number of amides is 1. The Morgan fingerprint density at radius 1 is 1.35 bits per heavy atom. The number of nitrogens with zero attached hydrogens (tertiary/aromatic N) is 1. The van der Waals surface area contributed by atoms with Gasteiger partial charge in [-0.05, 0) is 18.2 Å². The fourth-order valence-corrected chi connectivity index (χ4v) is 2.01. The summed E-state index contributed by atoms with van der Waals surface area (Å²) in [6, 6.07) is 3.60. The summed E-state index contributed by atoms with van der Waals surface area (Å²) in [4.78, 5) is 14.4. The van der Waals surface area contributed by atoms with Crippen molar-refractivity contribution >= 4 is 32.6 Å². The van der Waals surface area contributed by atoms with Gasteiger partial charge in [0.2, 0.25) is 0 Å². The Hall–Kier alpha value is -1.70. The van der Waals surface area contributed by atoms with Crippen molar-refractivity contribution in [3.63, 3.8) is 0 Å². The number of rotatable bonds is 1. The van der Waals surface area contributed by atoms with Gasteiger partial charge in [-0.3, -0.25) is 10.1 Å². The molecule has 1 heterocycles. The summed E-state index contributed by atoms with van der Waals surface area (Å²) in [5.41, 5.74) is 0.328. The van der Waals surface area contributed by atoms with Gasteiger partial charge < -0.3 is 0 Å². The van der Waals surface area contributed by atoms with Crippen LogP contribution in [-0.4, -0.2) is 17.1 Å². The number of anilines is 1. The molecule has 8 heteroatoms. The van der Waals surface area contributed by atoms with Crippen LogP contribution in [0.2, 0.25) is 0 Å². The number of halogens is 4. The first-order valence-corrected chi connectivity index (χ1v) is 5.12. The molecule has 17 heavy (non-hydrogen) atoms. The number of carbonyl (C=O) groups excluding carboxylic acids is 1. The molecule has 0 saturated carbocycles. The summed E-state index contributed by atoms with van der Waals surface area (Å²) in [7, 11) is 0. The van der Waals surface area contributed by atoms with Gasteiger partial charge in [0, 0.05) is 0 Å². The highest BCUT2D eigenvalue weighted by Gasteiger charge is 2.39. The van der Waals surface area contributed by atoms with Crippen molar-refractivity contribution in [2.75, 3.05) is 5.32 Å². The SMILES string of the molecule is O=C(Nc1nc2ccc(F)cc2s1)C(F)(F)F. The predicted octanol–water partition coefficient (Wildman–Crippen LogP) is 2.94. The molecule has 0 radical (unpaired) electrons. The van der Waals surface area contributed by atoms with Crippen molar-refractivity contribution in [2.24, 2.45) is 0 Å². The van der Waals surface area contributed by atoms with Crippen LogP contribution in [0.25, 0.3) is 10.2 Å². The highest BCUT2D eigenvalue weighted by Crippen LogP contribution is 2.27. The van der Waals surface area contributed by atoms with E-state index in [9.17, 15) is 22.4 Å². The number of aromatic nitrogens is 1. The maximum Gasteiger partial charge on any atom is 0.471 e. The minimum atomic E-state index is -4.97. The summed E-state index contributed by atoms with van der Waals surface area (Å²) in [5, 5.41) is 1.40. The van der Waals surface area contributed by atoms with E-state index in [1.165, 1.54) is 6.07 Å². The maximum atomic E-state index is 12.8. The quantitative estimate of drug-likeness (QED) is 0.804. The molecule has 1 amide bonds. The van der Waals surface area contributed by atoms with E-state index >= 15 is 0 Å². The lowest BCUT2D eigenvalue weighted by molar-refractivity contribution is -0.167. The maximum absolute atomic E-state index is 12.8. The van der Waals surface area contributed by atoms with Gasteiger partial charge in [0.1, 0.15) is 5.82 Å². The summed E-state index contributed by atoms with van der Waals surface area (Å²) < 4.78 is 49.1. The minimum absolute atomic E-state index is 0.215. The van der Waals surface area contributed by atoms with E-state index in [2.05, 4.69) is 4.98 Å². The molecule has 0 atom stereocenters. The molecule has 1 aromatic carbocycles. The average Bonchev–Trinajstić information content (AvgIpc) is 2.57. The van der Waals surface area contributed by atoms with Crippen LogP contribution in [0.1, 0.15) is 0 Å². The molecule has 90 valence electrons. The molecule has 0 unspecified atom stereocenters. The van der Waals surface area contributed by atoms with Crippen LogP contribution in [-0.2, 0) is 4.79 Å². The van der Waals surface area contributed by atoms with E-state index in [1.807, 2.05) is 0 Å². The Kier molecular flexibility index (Phi) is 2.74. The Morgan fingerprint density at radius 2 is 2.06 bits per heavy atom. The fourth-order valence-electron chi connectivity index (χ4n) is 1.12. The summed E-state index contributed by atoms with van der Waals surface area (Å²) in [5.74, 6) is -2.62. The highest BCUT2D eigenvalue weighted by molar-refractivity contribution is 7.22. The lowest BCUT2D eigenvalue weighted by atomic mass is 10.3. The zero-order chi connectivity index (χ0) is 12.6. The molecule has 2 aromatic rings. The Balaban J connectivity index is 2.29. The molecule has 3 nitrogen and oxygen atoms in total. The molecule has 0 aliphatic heterocycles. The molecule has 0 aliphatic rings. The second-order valence-corrected chi connectivity index (χ2v) is 4.11. The van der Waals surface area contributed by atoms with Gasteiger partial charge in [0.05, 0.1) is 10.2 Å². The summed E-state index contributed by atoms with van der Waals surface area (Å²) >= 11 is 0.773. The van der Waals surface area contributed by atoms with E-state index in [-0.39, 0.29) is 5.13 Å². The number of hydrogen-bond acceptors (Lipinski definition) is 3. The number of nitrogens with one attached hydrogen (secondary N) is 1. The first-order valence-electron chi connectivity index (χ1n) is 4.30. The smallest absolute Gasteiger partial charge is 0.294 e. The van der Waals surface area contributed by atoms with Gasteiger partial charge in [-0.15, -0.1) is 0 Å². The van der Waals surface area contributed by atoms with Crippen molar-refractivity contribution < 1.29 is 22.4 Å². The monoisotopic (exact) mass is 264 g/mol. The van der Waals surface area contributed by atoms with Crippen molar-refractivity contribution in [3.8, 4) is 0 Å². The van der Waals surface area contributed by atoms with Crippen molar-refractivity contribution in [3.05, 3.63) is 24.0 Å². The third kappa shape index (κ3) is 2.52. The van der Waals surface area contributed by atoms with Crippen LogP contribution in [0.3, 0.4) is 0 Å². The van der Waals surface area contributed by atoms with Crippen LogP contribution < -0.4 is 5.32 Å². The van der Waals surface area contributed by atoms with Gasteiger partial charge in [0.25, 0.3) is 0 Å². The number of fused-ring (bicyclic) bond motifs is 1. The molecule has 0 fully saturated rings. The molecule has 1 N–H and O–H groups in total. The number of thiazole rings is 1. The van der Waals surface area contributed by atoms with E-state index < -0.39 is 17.9 Å². The van der Waals surface area contributed by atoms with Crippen LogP contribution in [0.5, 0.6) is 0 Å². The Bertz CT molecular complexity index is 578. The molecule has 1 aromatic heterocycles. The van der Waals surface area contributed by atoms with Gasteiger partial charge >= 0.3 is 12.1 Å². The summed E-state index contributed by atoms with van der Waals surface area (Å²) in [6.07, 6.45) is -4.97. The normalized spacial score (nSPS) is 11.8. The van der Waals surface area contributed by atoms with Crippen molar-refractivity contribution in [1.29, 1.82) is 0 Å². The standard InChI is InChI=1S/C9H4F4N2OS/c10-4-1-2-5-6(3-4)17-8(14-5)15-7(16)9(11,12)13/h1-3H,(H,14,15,16). The second kappa shape index (κ2) is 3.95. The largest absolute Gasteiger partial charge is 0.471 e. The topological polar surface area (TPSA) is 42.0 Å². The minimum Gasteiger partial charge on any atom is -0.294 e. The zero-order valence-electron chi connectivity index (χ0n) is 8.01. The molecule has 0 bridgehead atoms. The molecule has 0 aliphatic carbocycles. The van der Waals surface area contributed by atoms with Gasteiger partial charge in [-0.2, -0.15) is 13.2 Å². The molecular formula is C9H4F4N2OS. The third-order valence-electron chi connectivity index (χ3n) is 1.83. The van der Waals surface area contributed by atoms with Gasteiger partial charge in [-0.25, -0.2) is 9.37 Å².